The lowest BCUT2D eigenvalue weighted by Crippen LogP contribution is -2.30. The van der Waals surface area contributed by atoms with Crippen molar-refractivity contribution in [2.45, 2.75) is 44.8 Å². The van der Waals surface area contributed by atoms with Gasteiger partial charge in [0.2, 0.25) is 5.95 Å². The molecule has 0 atom stereocenters. The highest BCUT2D eigenvalue weighted by molar-refractivity contribution is 5.94. The summed E-state index contributed by atoms with van der Waals surface area (Å²) in [7, 11) is 3.40. The van der Waals surface area contributed by atoms with Crippen molar-refractivity contribution in [2.24, 2.45) is 12.8 Å². The zero-order valence-electron chi connectivity index (χ0n) is 17.7. The largest absolute Gasteiger partial charge is 0.381 e. The summed E-state index contributed by atoms with van der Waals surface area (Å²) in [4.78, 5) is 33.1. The van der Waals surface area contributed by atoms with E-state index in [1.54, 1.807) is 31.8 Å². The number of nitrogens with zero attached hydrogens (tertiary/aromatic N) is 4. The average molecular weight is 428 g/mol. The number of nitrogens with one attached hydrogen (secondary N) is 1. The quantitative estimate of drug-likeness (QED) is 0.645. The Morgan fingerprint density at radius 2 is 2.00 bits per heavy atom. The van der Waals surface area contributed by atoms with Gasteiger partial charge in [-0.2, -0.15) is 4.98 Å². The molecular weight excluding hydrogens is 403 g/mol. The Kier molecular flexibility index (Phi) is 5.48. The number of anilines is 2. The lowest BCUT2D eigenvalue weighted by atomic mass is 9.93. The third-order valence-corrected chi connectivity index (χ3v) is 6.00. The fourth-order valence-electron chi connectivity index (χ4n) is 4.19. The highest BCUT2D eigenvalue weighted by atomic mass is 19.1. The van der Waals surface area contributed by atoms with Crippen LogP contribution in [0.2, 0.25) is 0 Å². The van der Waals surface area contributed by atoms with Crippen LogP contribution in [-0.4, -0.2) is 38.2 Å². The van der Waals surface area contributed by atoms with Gasteiger partial charge in [0.1, 0.15) is 11.3 Å². The molecule has 164 valence electrons. The molecule has 4 rings (SSSR count). The molecule has 0 spiro atoms. The van der Waals surface area contributed by atoms with Gasteiger partial charge in [-0.15, -0.1) is 0 Å². The SMILES string of the molecule is CO[C@H]1CC[C@@H](n2c(=O)n(C)c3cnc(Nc4cc(F)c(C(N)=O)cc4C)nc32)CC1. The van der Waals surface area contributed by atoms with Crippen LogP contribution in [0.1, 0.15) is 47.6 Å². The number of hydrogen-bond acceptors (Lipinski definition) is 6. The molecule has 1 saturated carbocycles. The third kappa shape index (κ3) is 3.78. The van der Waals surface area contributed by atoms with Crippen LogP contribution in [0.25, 0.3) is 11.2 Å². The van der Waals surface area contributed by atoms with E-state index in [1.807, 2.05) is 0 Å². The Hall–Kier alpha value is -3.27. The standard InChI is InChI=1S/C21H25FN6O3/c1-11-8-14(18(23)29)15(22)9-16(11)25-20-24-10-17-19(26-20)28(21(30)27(17)2)12-4-6-13(31-3)7-5-12/h8-10,12-13H,4-7H2,1-3H3,(H2,23,29)(H,24,25,26)/t12-,13+. The molecule has 1 amide bonds. The summed E-state index contributed by atoms with van der Waals surface area (Å²) in [6.45, 7) is 1.72. The van der Waals surface area contributed by atoms with Gasteiger partial charge in [0, 0.05) is 25.9 Å². The van der Waals surface area contributed by atoms with E-state index in [-0.39, 0.29) is 29.3 Å². The van der Waals surface area contributed by atoms with Crippen molar-refractivity contribution in [1.29, 1.82) is 0 Å². The number of carbonyl (C=O) groups is 1. The van der Waals surface area contributed by atoms with E-state index < -0.39 is 11.7 Å². The van der Waals surface area contributed by atoms with E-state index in [2.05, 4.69) is 15.3 Å². The molecule has 0 saturated heterocycles. The summed E-state index contributed by atoms with van der Waals surface area (Å²) in [6, 6.07) is 2.59. The molecule has 1 aromatic carbocycles. The molecule has 2 aromatic heterocycles. The van der Waals surface area contributed by atoms with Gasteiger partial charge in [0.05, 0.1) is 17.9 Å². The highest BCUT2D eigenvalue weighted by Gasteiger charge is 2.26. The molecule has 31 heavy (non-hydrogen) atoms. The minimum Gasteiger partial charge on any atom is -0.381 e. The van der Waals surface area contributed by atoms with Crippen LogP contribution in [0.15, 0.2) is 23.1 Å². The van der Waals surface area contributed by atoms with Crippen LogP contribution >= 0.6 is 0 Å². The first kappa shape index (κ1) is 21.0. The van der Waals surface area contributed by atoms with Crippen molar-refractivity contribution in [2.75, 3.05) is 12.4 Å². The van der Waals surface area contributed by atoms with Crippen molar-refractivity contribution in [1.82, 2.24) is 19.1 Å². The molecule has 0 radical (unpaired) electrons. The van der Waals surface area contributed by atoms with Crippen LogP contribution in [-0.2, 0) is 11.8 Å². The lowest BCUT2D eigenvalue weighted by Gasteiger charge is -2.28. The lowest BCUT2D eigenvalue weighted by molar-refractivity contribution is 0.0584. The first-order chi connectivity index (χ1) is 14.8. The van der Waals surface area contributed by atoms with Gasteiger partial charge in [-0.1, -0.05) is 0 Å². The molecule has 2 heterocycles. The van der Waals surface area contributed by atoms with E-state index in [1.165, 1.54) is 16.7 Å². The minimum absolute atomic E-state index is 0.0272. The van der Waals surface area contributed by atoms with Crippen LogP contribution < -0.4 is 16.7 Å². The van der Waals surface area contributed by atoms with E-state index in [4.69, 9.17) is 10.5 Å². The van der Waals surface area contributed by atoms with Crippen molar-refractivity contribution in [3.8, 4) is 0 Å². The number of aryl methyl sites for hydroxylation is 2. The number of hydrogen-bond donors (Lipinski definition) is 2. The Morgan fingerprint density at radius 3 is 2.65 bits per heavy atom. The molecule has 0 aliphatic heterocycles. The second-order valence-electron chi connectivity index (χ2n) is 7.92. The van der Waals surface area contributed by atoms with Crippen molar-refractivity contribution < 1.29 is 13.9 Å². The first-order valence-corrected chi connectivity index (χ1v) is 10.1. The molecule has 10 heteroatoms. The molecule has 0 unspecified atom stereocenters. The fourth-order valence-corrected chi connectivity index (χ4v) is 4.19. The Bertz CT molecular complexity index is 1210. The maximum atomic E-state index is 14.2. The van der Waals surface area contributed by atoms with E-state index in [0.29, 0.717) is 22.4 Å². The number of ether oxygens (including phenoxy) is 1. The number of amides is 1. The van der Waals surface area contributed by atoms with Gasteiger partial charge in [-0.3, -0.25) is 13.9 Å². The normalized spacial score (nSPS) is 19.0. The number of carbonyl (C=O) groups excluding carboxylic acids is 1. The zero-order valence-corrected chi connectivity index (χ0v) is 17.7. The number of halogens is 1. The summed E-state index contributed by atoms with van der Waals surface area (Å²) in [5.41, 5.74) is 7.05. The van der Waals surface area contributed by atoms with Crippen LogP contribution in [0, 0.1) is 12.7 Å². The maximum absolute atomic E-state index is 14.2. The topological polar surface area (TPSA) is 117 Å². The Morgan fingerprint density at radius 1 is 1.29 bits per heavy atom. The van der Waals surface area contributed by atoms with Crippen LogP contribution in [0.3, 0.4) is 0 Å². The molecule has 1 aliphatic carbocycles. The molecular formula is C21H25FN6O3. The van der Waals surface area contributed by atoms with Crippen molar-refractivity contribution in [3.05, 3.63) is 45.8 Å². The third-order valence-electron chi connectivity index (χ3n) is 6.00. The fraction of sp³-hybridized carbons (Fsp3) is 0.429. The van der Waals surface area contributed by atoms with Gasteiger partial charge in [0.15, 0.2) is 5.65 Å². The smallest absolute Gasteiger partial charge is 0.330 e. The Balaban J connectivity index is 1.71. The minimum atomic E-state index is -0.832. The van der Waals surface area contributed by atoms with Crippen LogP contribution in [0.4, 0.5) is 16.0 Å². The number of imidazole rings is 1. The Labute approximate surface area is 178 Å². The van der Waals surface area contributed by atoms with Gasteiger partial charge in [0.25, 0.3) is 5.91 Å². The van der Waals surface area contributed by atoms with Crippen LogP contribution in [0.5, 0.6) is 0 Å². The van der Waals surface area contributed by atoms with Gasteiger partial charge < -0.3 is 15.8 Å². The average Bonchev–Trinajstić information content (AvgIpc) is 3.00. The zero-order chi connectivity index (χ0) is 22.3. The second-order valence-corrected chi connectivity index (χ2v) is 7.92. The van der Waals surface area contributed by atoms with Gasteiger partial charge in [-0.25, -0.2) is 14.2 Å². The number of benzene rings is 1. The predicted octanol–water partition coefficient (Wildman–Crippen LogP) is 2.55. The molecule has 3 N–H and O–H groups in total. The number of primary amides is 1. The maximum Gasteiger partial charge on any atom is 0.330 e. The van der Waals surface area contributed by atoms with Gasteiger partial charge >= 0.3 is 5.69 Å². The molecule has 1 fully saturated rings. The first-order valence-electron chi connectivity index (χ1n) is 10.1. The number of aromatic nitrogens is 4. The monoisotopic (exact) mass is 428 g/mol. The summed E-state index contributed by atoms with van der Waals surface area (Å²) >= 11 is 0. The van der Waals surface area contributed by atoms with Gasteiger partial charge in [-0.05, 0) is 50.3 Å². The van der Waals surface area contributed by atoms with Crippen molar-refractivity contribution >= 4 is 28.7 Å². The number of methoxy groups -OCH3 is 1. The molecule has 3 aromatic rings. The molecule has 9 nitrogen and oxygen atoms in total. The highest BCUT2D eigenvalue weighted by Crippen LogP contribution is 2.31. The summed E-state index contributed by atoms with van der Waals surface area (Å²) in [5.74, 6) is -1.33. The van der Waals surface area contributed by atoms with E-state index in [0.717, 1.165) is 25.7 Å². The van der Waals surface area contributed by atoms with Crippen molar-refractivity contribution in [3.63, 3.8) is 0 Å². The second kappa shape index (κ2) is 8.10. The summed E-state index contributed by atoms with van der Waals surface area (Å²) in [5, 5.41) is 2.99. The number of rotatable bonds is 5. The van der Waals surface area contributed by atoms with E-state index in [9.17, 15) is 14.0 Å². The predicted molar refractivity (Wildman–Crippen MR) is 114 cm³/mol. The summed E-state index contributed by atoms with van der Waals surface area (Å²) < 4.78 is 22.9. The van der Waals surface area contributed by atoms with E-state index >= 15 is 0 Å². The summed E-state index contributed by atoms with van der Waals surface area (Å²) in [6.07, 6.45) is 5.20. The molecule has 0 bridgehead atoms. The number of fused-ring (bicyclic) bond motifs is 1. The molecule has 1 aliphatic rings. The number of nitrogens with two attached hydrogens (primary N) is 1.